The second-order valence-electron chi connectivity index (χ2n) is 5.47. The van der Waals surface area contributed by atoms with Gasteiger partial charge in [-0.2, -0.15) is 11.3 Å². The van der Waals surface area contributed by atoms with Gasteiger partial charge in [0, 0.05) is 20.7 Å². The van der Waals surface area contributed by atoms with Crippen molar-refractivity contribution in [3.8, 4) is 0 Å². The van der Waals surface area contributed by atoms with E-state index in [9.17, 15) is 14.4 Å². The smallest absolute Gasteiger partial charge is 0.325 e. The number of urea groups is 1. The van der Waals surface area contributed by atoms with Crippen LogP contribution in [0.15, 0.2) is 16.8 Å². The molecule has 0 radical (unpaired) electrons. The average Bonchev–Trinajstić information content (AvgIpc) is 3.02. The third kappa shape index (κ3) is 3.28. The summed E-state index contributed by atoms with van der Waals surface area (Å²) < 4.78 is 4.96. The summed E-state index contributed by atoms with van der Waals surface area (Å²) in [5.74, 6) is -0.743. The number of nitrogens with zero attached hydrogens (tertiary/aromatic N) is 2. The van der Waals surface area contributed by atoms with Gasteiger partial charge in [0.1, 0.15) is 12.1 Å². The SMILES string of the molecule is COC[C@]1(C)NC(=O)N(CC(=O)N(C)Cc2ccsc2)C1=O. The Labute approximate surface area is 132 Å². The van der Waals surface area contributed by atoms with Crippen molar-refractivity contribution < 1.29 is 19.1 Å². The van der Waals surface area contributed by atoms with Gasteiger partial charge in [0.15, 0.2) is 0 Å². The van der Waals surface area contributed by atoms with Crippen molar-refractivity contribution in [2.75, 3.05) is 27.3 Å². The standard InChI is InChI=1S/C14H19N3O4S/c1-14(9-21-3)12(19)17(13(20)15-14)7-11(18)16(2)6-10-4-5-22-8-10/h4-5,8H,6-7,9H2,1-3H3,(H,15,20)/t14-/m0/s1. The third-order valence-corrected chi connectivity index (χ3v) is 4.23. The van der Waals surface area contributed by atoms with Gasteiger partial charge in [-0.25, -0.2) is 4.79 Å². The molecule has 2 rings (SSSR count). The van der Waals surface area contributed by atoms with Crippen LogP contribution in [0.5, 0.6) is 0 Å². The van der Waals surface area contributed by atoms with Gasteiger partial charge in [-0.3, -0.25) is 14.5 Å². The van der Waals surface area contributed by atoms with Gasteiger partial charge in [0.05, 0.1) is 6.61 Å². The number of nitrogens with one attached hydrogen (secondary N) is 1. The zero-order chi connectivity index (χ0) is 16.3. The van der Waals surface area contributed by atoms with Crippen LogP contribution in [-0.2, 0) is 20.9 Å². The lowest BCUT2D eigenvalue weighted by Gasteiger charge is -2.22. The summed E-state index contributed by atoms with van der Waals surface area (Å²) in [5.41, 5.74) is -0.0971. The van der Waals surface area contributed by atoms with E-state index < -0.39 is 17.5 Å². The fourth-order valence-corrected chi connectivity index (χ4v) is 2.94. The molecule has 1 atom stereocenters. The fourth-order valence-electron chi connectivity index (χ4n) is 2.28. The van der Waals surface area contributed by atoms with E-state index >= 15 is 0 Å². The van der Waals surface area contributed by atoms with Gasteiger partial charge < -0.3 is 15.0 Å². The van der Waals surface area contributed by atoms with Crippen LogP contribution < -0.4 is 5.32 Å². The van der Waals surface area contributed by atoms with Crippen molar-refractivity contribution >= 4 is 29.2 Å². The van der Waals surface area contributed by atoms with E-state index in [0.29, 0.717) is 6.54 Å². The van der Waals surface area contributed by atoms with E-state index in [4.69, 9.17) is 4.74 Å². The number of hydrogen-bond acceptors (Lipinski definition) is 5. The number of rotatable bonds is 6. The maximum absolute atomic E-state index is 12.3. The Hall–Kier alpha value is -1.93. The lowest BCUT2D eigenvalue weighted by molar-refractivity contribution is -0.139. The number of amides is 4. The summed E-state index contributed by atoms with van der Waals surface area (Å²) in [6.45, 7) is 1.81. The molecule has 1 fully saturated rings. The molecule has 0 saturated carbocycles. The van der Waals surface area contributed by atoms with Gasteiger partial charge in [0.25, 0.3) is 5.91 Å². The maximum Gasteiger partial charge on any atom is 0.325 e. The highest BCUT2D eigenvalue weighted by atomic mass is 32.1. The molecule has 2 heterocycles. The highest BCUT2D eigenvalue weighted by Crippen LogP contribution is 2.18. The number of methoxy groups -OCH3 is 1. The first-order valence-electron chi connectivity index (χ1n) is 6.75. The molecule has 1 aliphatic heterocycles. The molecule has 1 saturated heterocycles. The van der Waals surface area contributed by atoms with Gasteiger partial charge in [-0.05, 0) is 29.3 Å². The number of ether oxygens (including phenoxy) is 1. The van der Waals surface area contributed by atoms with Crippen LogP contribution in [0, 0.1) is 0 Å². The molecule has 1 N–H and O–H groups in total. The molecule has 22 heavy (non-hydrogen) atoms. The van der Waals surface area contributed by atoms with Gasteiger partial charge in [-0.15, -0.1) is 0 Å². The largest absolute Gasteiger partial charge is 0.382 e. The number of carbonyl (C=O) groups excluding carboxylic acids is 3. The van der Waals surface area contributed by atoms with E-state index in [1.807, 2.05) is 16.8 Å². The molecule has 0 spiro atoms. The molecule has 0 bridgehead atoms. The molecule has 0 aromatic carbocycles. The van der Waals surface area contributed by atoms with Gasteiger partial charge >= 0.3 is 6.03 Å². The second-order valence-corrected chi connectivity index (χ2v) is 6.25. The Morgan fingerprint density at radius 2 is 2.23 bits per heavy atom. The van der Waals surface area contributed by atoms with Crippen LogP contribution in [0.3, 0.4) is 0 Å². The molecule has 0 aliphatic carbocycles. The van der Waals surface area contributed by atoms with Crippen LogP contribution in [-0.4, -0.2) is 60.5 Å². The number of imide groups is 1. The monoisotopic (exact) mass is 325 g/mol. The summed E-state index contributed by atoms with van der Waals surface area (Å²) in [7, 11) is 3.10. The molecule has 0 unspecified atom stereocenters. The van der Waals surface area contributed by atoms with E-state index in [1.165, 1.54) is 12.0 Å². The zero-order valence-electron chi connectivity index (χ0n) is 12.8. The average molecular weight is 325 g/mol. The highest BCUT2D eigenvalue weighted by molar-refractivity contribution is 7.07. The first-order valence-corrected chi connectivity index (χ1v) is 7.70. The van der Waals surface area contributed by atoms with E-state index in [-0.39, 0.29) is 19.1 Å². The predicted octanol–water partition coefficient (Wildman–Crippen LogP) is 0.663. The number of thiophene rings is 1. The minimum absolute atomic E-state index is 0.0625. The van der Waals surface area contributed by atoms with Crippen molar-refractivity contribution in [3.05, 3.63) is 22.4 Å². The Kier molecular flexibility index (Phi) is 4.82. The Morgan fingerprint density at radius 3 is 2.82 bits per heavy atom. The van der Waals surface area contributed by atoms with Crippen molar-refractivity contribution in [1.29, 1.82) is 0 Å². The first-order chi connectivity index (χ1) is 10.4. The Bertz CT molecular complexity index is 575. The highest BCUT2D eigenvalue weighted by Gasteiger charge is 2.48. The predicted molar refractivity (Wildman–Crippen MR) is 81.3 cm³/mol. The number of hydrogen-bond donors (Lipinski definition) is 1. The van der Waals surface area contributed by atoms with Gasteiger partial charge in [-0.1, -0.05) is 0 Å². The van der Waals surface area contributed by atoms with Crippen molar-refractivity contribution in [1.82, 2.24) is 15.1 Å². The number of likely N-dealkylation sites (N-methyl/N-ethyl adjacent to an activating group) is 1. The molecule has 4 amide bonds. The summed E-state index contributed by atoms with van der Waals surface area (Å²) in [4.78, 5) is 38.9. The topological polar surface area (TPSA) is 79.0 Å². The zero-order valence-corrected chi connectivity index (χ0v) is 13.6. The van der Waals surface area contributed by atoms with Crippen LogP contribution in [0.25, 0.3) is 0 Å². The van der Waals surface area contributed by atoms with Crippen LogP contribution >= 0.6 is 11.3 Å². The molecule has 1 aromatic heterocycles. The summed E-state index contributed by atoms with van der Waals surface area (Å²) in [5, 5.41) is 6.45. The van der Waals surface area contributed by atoms with E-state index in [1.54, 1.807) is 25.3 Å². The Morgan fingerprint density at radius 1 is 1.50 bits per heavy atom. The van der Waals surface area contributed by atoms with Crippen LogP contribution in [0.4, 0.5) is 4.79 Å². The summed E-state index contributed by atoms with van der Waals surface area (Å²) >= 11 is 1.55. The van der Waals surface area contributed by atoms with Crippen LogP contribution in [0.2, 0.25) is 0 Å². The Balaban J connectivity index is 1.99. The molecular formula is C14H19N3O4S. The maximum atomic E-state index is 12.3. The molecular weight excluding hydrogens is 306 g/mol. The first kappa shape index (κ1) is 16.4. The van der Waals surface area contributed by atoms with Crippen molar-refractivity contribution in [2.24, 2.45) is 0 Å². The normalized spacial score (nSPS) is 21.1. The minimum Gasteiger partial charge on any atom is -0.382 e. The molecule has 7 nitrogen and oxygen atoms in total. The summed E-state index contributed by atoms with van der Waals surface area (Å²) in [6, 6.07) is 1.36. The van der Waals surface area contributed by atoms with E-state index in [0.717, 1.165) is 10.5 Å². The molecule has 120 valence electrons. The van der Waals surface area contributed by atoms with E-state index in [2.05, 4.69) is 5.32 Å². The lowest BCUT2D eigenvalue weighted by atomic mass is 10.0. The van der Waals surface area contributed by atoms with Crippen LogP contribution in [0.1, 0.15) is 12.5 Å². The number of carbonyl (C=O) groups is 3. The quantitative estimate of drug-likeness (QED) is 0.780. The molecule has 8 heteroatoms. The second kappa shape index (κ2) is 6.45. The van der Waals surface area contributed by atoms with Crippen molar-refractivity contribution in [3.63, 3.8) is 0 Å². The van der Waals surface area contributed by atoms with Gasteiger partial charge in [0.2, 0.25) is 5.91 Å². The van der Waals surface area contributed by atoms with Crippen molar-refractivity contribution in [2.45, 2.75) is 19.0 Å². The lowest BCUT2D eigenvalue weighted by Crippen LogP contribution is -2.48. The minimum atomic E-state index is -1.11. The summed E-state index contributed by atoms with van der Waals surface area (Å²) in [6.07, 6.45) is 0. The fraction of sp³-hybridized carbons (Fsp3) is 0.500. The molecule has 1 aliphatic rings. The molecule has 1 aromatic rings. The third-order valence-electron chi connectivity index (χ3n) is 3.50.